The van der Waals surface area contributed by atoms with Gasteiger partial charge in [-0.1, -0.05) is 53.5 Å². The maximum Gasteiger partial charge on any atom is 0.225 e. The van der Waals surface area contributed by atoms with E-state index >= 15 is 0 Å². The average molecular weight is 337 g/mol. The normalized spacial score (nSPS) is 12.0. The van der Waals surface area contributed by atoms with Gasteiger partial charge in [-0.15, -0.1) is 0 Å². The van der Waals surface area contributed by atoms with Gasteiger partial charge in [0.25, 0.3) is 0 Å². The summed E-state index contributed by atoms with van der Waals surface area (Å²) >= 11 is 11.8. The van der Waals surface area contributed by atoms with Gasteiger partial charge in [-0.2, -0.15) is 0 Å². The number of benzene rings is 2. The summed E-state index contributed by atoms with van der Waals surface area (Å²) in [6.07, 6.45) is 0.386. The number of hydrogen-bond donors (Lipinski definition) is 2. The van der Waals surface area contributed by atoms with Crippen LogP contribution in [0.25, 0.3) is 0 Å². The van der Waals surface area contributed by atoms with Gasteiger partial charge < -0.3 is 10.6 Å². The Labute approximate surface area is 140 Å². The molecule has 1 amide bonds. The van der Waals surface area contributed by atoms with Crippen LogP contribution in [-0.4, -0.2) is 12.5 Å². The lowest BCUT2D eigenvalue weighted by molar-refractivity contribution is -0.116. The van der Waals surface area contributed by atoms with Crippen molar-refractivity contribution in [3.8, 4) is 0 Å². The monoisotopic (exact) mass is 336 g/mol. The van der Waals surface area contributed by atoms with Crippen LogP contribution in [0.15, 0.2) is 48.5 Å². The van der Waals surface area contributed by atoms with E-state index in [-0.39, 0.29) is 11.9 Å². The van der Waals surface area contributed by atoms with Gasteiger partial charge in [-0.25, -0.2) is 0 Å². The van der Waals surface area contributed by atoms with Gasteiger partial charge >= 0.3 is 0 Å². The van der Waals surface area contributed by atoms with Crippen molar-refractivity contribution in [2.24, 2.45) is 0 Å². The van der Waals surface area contributed by atoms with Crippen LogP contribution in [0.4, 0.5) is 5.69 Å². The summed E-state index contributed by atoms with van der Waals surface area (Å²) in [5.41, 5.74) is 1.85. The van der Waals surface area contributed by atoms with Crippen molar-refractivity contribution in [3.63, 3.8) is 0 Å². The molecule has 116 valence electrons. The highest BCUT2D eigenvalue weighted by Gasteiger charge is 2.07. The number of rotatable bonds is 6. The van der Waals surface area contributed by atoms with E-state index in [0.29, 0.717) is 28.7 Å². The van der Waals surface area contributed by atoms with Crippen LogP contribution in [0, 0.1) is 0 Å². The zero-order valence-corrected chi connectivity index (χ0v) is 13.8. The lowest BCUT2D eigenvalue weighted by Gasteiger charge is -2.14. The first-order valence-corrected chi connectivity index (χ1v) is 7.85. The molecule has 0 saturated heterocycles. The van der Waals surface area contributed by atoms with Crippen LogP contribution in [0.5, 0.6) is 0 Å². The van der Waals surface area contributed by atoms with Crippen LogP contribution >= 0.6 is 23.2 Å². The summed E-state index contributed by atoms with van der Waals surface area (Å²) in [6.45, 7) is 2.68. The first-order valence-electron chi connectivity index (χ1n) is 7.09. The topological polar surface area (TPSA) is 41.1 Å². The molecule has 0 saturated carbocycles. The van der Waals surface area contributed by atoms with Gasteiger partial charge in [-0.05, 0) is 30.7 Å². The zero-order chi connectivity index (χ0) is 15.9. The summed E-state index contributed by atoms with van der Waals surface area (Å²) < 4.78 is 0. The van der Waals surface area contributed by atoms with Crippen molar-refractivity contribution in [1.82, 2.24) is 5.32 Å². The van der Waals surface area contributed by atoms with Gasteiger partial charge in [0.15, 0.2) is 0 Å². The zero-order valence-electron chi connectivity index (χ0n) is 12.3. The lowest BCUT2D eigenvalue weighted by Crippen LogP contribution is -2.24. The van der Waals surface area contributed by atoms with Gasteiger partial charge in [-0.3, -0.25) is 4.79 Å². The molecule has 0 spiro atoms. The van der Waals surface area contributed by atoms with Crippen LogP contribution < -0.4 is 10.6 Å². The Morgan fingerprint density at radius 2 is 1.82 bits per heavy atom. The third kappa shape index (κ3) is 5.02. The van der Waals surface area contributed by atoms with Gasteiger partial charge in [0.1, 0.15) is 0 Å². The maximum absolute atomic E-state index is 11.9. The first kappa shape index (κ1) is 16.8. The summed E-state index contributed by atoms with van der Waals surface area (Å²) in [6, 6.07) is 15.4. The molecule has 0 fully saturated rings. The molecular formula is C17H18Cl2N2O. The van der Waals surface area contributed by atoms with E-state index in [0.717, 1.165) is 0 Å². The molecule has 0 aromatic heterocycles. The van der Waals surface area contributed by atoms with Gasteiger partial charge in [0.05, 0.1) is 10.0 Å². The van der Waals surface area contributed by atoms with E-state index in [1.54, 1.807) is 18.2 Å². The molecule has 2 rings (SSSR count). The first-order chi connectivity index (χ1) is 10.6. The molecule has 0 heterocycles. The summed E-state index contributed by atoms with van der Waals surface area (Å²) in [5.74, 6) is -0.0637. The van der Waals surface area contributed by atoms with Crippen molar-refractivity contribution in [2.45, 2.75) is 19.4 Å². The fourth-order valence-corrected chi connectivity index (χ4v) is 2.36. The number of amides is 1. The van der Waals surface area contributed by atoms with E-state index in [9.17, 15) is 4.79 Å². The molecule has 5 heteroatoms. The highest BCUT2D eigenvalue weighted by Crippen LogP contribution is 2.25. The molecule has 0 aliphatic rings. The van der Waals surface area contributed by atoms with Crippen LogP contribution in [0.1, 0.15) is 24.9 Å². The molecule has 0 aliphatic heterocycles. The van der Waals surface area contributed by atoms with Gasteiger partial charge in [0, 0.05) is 24.7 Å². The molecule has 22 heavy (non-hydrogen) atoms. The molecule has 1 unspecified atom stereocenters. The summed E-state index contributed by atoms with van der Waals surface area (Å²) in [4.78, 5) is 11.9. The smallest absolute Gasteiger partial charge is 0.225 e. The Balaban J connectivity index is 1.77. The van der Waals surface area contributed by atoms with Crippen molar-refractivity contribution in [3.05, 3.63) is 64.1 Å². The third-order valence-corrected chi connectivity index (χ3v) is 4.04. The van der Waals surface area contributed by atoms with Crippen LogP contribution in [0.2, 0.25) is 10.0 Å². The molecule has 0 radical (unpaired) electrons. The fraction of sp³-hybridized carbons (Fsp3) is 0.235. The number of hydrogen-bond acceptors (Lipinski definition) is 2. The Bertz CT molecular complexity index is 632. The van der Waals surface area contributed by atoms with E-state index < -0.39 is 0 Å². The number of nitrogens with one attached hydrogen (secondary N) is 2. The predicted molar refractivity (Wildman–Crippen MR) is 92.6 cm³/mol. The van der Waals surface area contributed by atoms with E-state index in [2.05, 4.69) is 29.7 Å². The Kier molecular flexibility index (Phi) is 6.25. The lowest BCUT2D eigenvalue weighted by atomic mass is 10.1. The maximum atomic E-state index is 11.9. The number of carbonyl (C=O) groups excluding carboxylic acids is 1. The Hall–Kier alpha value is -1.55. The van der Waals surface area contributed by atoms with Gasteiger partial charge in [0.2, 0.25) is 5.91 Å². The van der Waals surface area contributed by atoms with Crippen molar-refractivity contribution >= 4 is 34.8 Å². The second-order valence-electron chi connectivity index (χ2n) is 5.01. The third-order valence-electron chi connectivity index (χ3n) is 3.31. The minimum atomic E-state index is -0.0637. The highest BCUT2D eigenvalue weighted by molar-refractivity contribution is 6.42. The summed E-state index contributed by atoms with van der Waals surface area (Å²) in [7, 11) is 0. The molecule has 0 bridgehead atoms. The minimum absolute atomic E-state index is 0.0637. The molecule has 2 aromatic carbocycles. The number of anilines is 1. The van der Waals surface area contributed by atoms with E-state index in [1.807, 2.05) is 18.2 Å². The summed E-state index contributed by atoms with van der Waals surface area (Å²) in [5, 5.41) is 7.03. The molecule has 1 atom stereocenters. The van der Waals surface area contributed by atoms with Crippen molar-refractivity contribution < 1.29 is 4.79 Å². The highest BCUT2D eigenvalue weighted by atomic mass is 35.5. The second kappa shape index (κ2) is 8.18. The number of carbonyl (C=O) groups is 1. The van der Waals surface area contributed by atoms with E-state index in [1.165, 1.54) is 5.56 Å². The van der Waals surface area contributed by atoms with Crippen molar-refractivity contribution in [2.75, 3.05) is 11.9 Å². The van der Waals surface area contributed by atoms with E-state index in [4.69, 9.17) is 23.2 Å². The minimum Gasteiger partial charge on any atom is -0.326 e. The molecule has 3 nitrogen and oxygen atoms in total. The molecule has 2 N–H and O–H groups in total. The predicted octanol–water partition coefficient (Wildman–Crippen LogP) is 4.67. The molecular weight excluding hydrogens is 319 g/mol. The standard InChI is InChI=1S/C17H18Cl2N2O/c1-12(13-5-3-2-4-6-13)20-10-9-17(22)21-14-7-8-15(18)16(19)11-14/h2-8,11-12,20H,9-10H2,1H3,(H,21,22). The molecule has 0 aliphatic carbocycles. The Morgan fingerprint density at radius 1 is 1.09 bits per heavy atom. The largest absolute Gasteiger partial charge is 0.326 e. The Morgan fingerprint density at radius 3 is 2.50 bits per heavy atom. The van der Waals surface area contributed by atoms with Crippen LogP contribution in [0.3, 0.4) is 0 Å². The second-order valence-corrected chi connectivity index (χ2v) is 5.83. The number of halogens is 2. The molecule has 2 aromatic rings. The quantitative estimate of drug-likeness (QED) is 0.804. The van der Waals surface area contributed by atoms with Crippen LogP contribution in [-0.2, 0) is 4.79 Å². The van der Waals surface area contributed by atoms with Crippen molar-refractivity contribution in [1.29, 1.82) is 0 Å². The fourth-order valence-electron chi connectivity index (χ4n) is 2.06. The SMILES string of the molecule is CC(NCCC(=O)Nc1ccc(Cl)c(Cl)c1)c1ccccc1. The average Bonchev–Trinajstić information content (AvgIpc) is 2.51.